The van der Waals surface area contributed by atoms with E-state index < -0.39 is 0 Å². The molecule has 1 rings (SSSR count). The van der Waals surface area contributed by atoms with Gasteiger partial charge in [0.25, 0.3) is 0 Å². The largest absolute Gasteiger partial charge is 0.291 e. The molecule has 0 bridgehead atoms. The Kier molecular flexibility index (Phi) is 2.36. The lowest BCUT2D eigenvalue weighted by Gasteiger charge is -2.14. The predicted octanol–water partition coefficient (Wildman–Crippen LogP) is 0.354. The van der Waals surface area contributed by atoms with Gasteiger partial charge in [-0.3, -0.25) is 9.52 Å². The Morgan fingerprint density at radius 2 is 2.62 bits per heavy atom. The zero-order valence-corrected chi connectivity index (χ0v) is 5.33. The molecule has 0 aromatic carbocycles. The van der Waals surface area contributed by atoms with Crippen LogP contribution < -0.4 is 4.72 Å². The maximum Gasteiger partial charge on any atom is 0.202 e. The van der Waals surface area contributed by atoms with Crippen molar-refractivity contribution in [2.45, 2.75) is 6.42 Å². The number of hydrogen-bond donors (Lipinski definition) is 1. The van der Waals surface area contributed by atoms with Gasteiger partial charge in [-0.15, -0.1) is 0 Å². The molecule has 0 amide bonds. The third-order valence-electron chi connectivity index (χ3n) is 1.15. The van der Waals surface area contributed by atoms with Gasteiger partial charge in [-0.05, 0) is 6.42 Å². The third kappa shape index (κ3) is 1.49. The van der Waals surface area contributed by atoms with Crippen molar-refractivity contribution in [1.82, 2.24) is 4.72 Å². The monoisotopic (exact) mass is 130 g/mol. The van der Waals surface area contributed by atoms with Crippen LogP contribution in [0.15, 0.2) is 0 Å². The van der Waals surface area contributed by atoms with E-state index in [0.717, 1.165) is 18.7 Å². The molecular formula is C5H8NOS. The van der Waals surface area contributed by atoms with Gasteiger partial charge < -0.3 is 0 Å². The molecule has 0 saturated carbocycles. The van der Waals surface area contributed by atoms with E-state index in [1.54, 1.807) is 11.9 Å². The standard InChI is InChI=1S/C5H8NOS/c7-3-5-1-2-6-8-4-5/h5-6H,1-2,4H2. The lowest BCUT2D eigenvalue weighted by atomic mass is 10.1. The summed E-state index contributed by atoms with van der Waals surface area (Å²) < 4.78 is 3.09. The zero-order valence-electron chi connectivity index (χ0n) is 4.52. The predicted molar refractivity (Wildman–Crippen MR) is 34.3 cm³/mol. The average Bonchev–Trinajstić information content (AvgIpc) is 1.90. The Bertz CT molecular complexity index is 80.5. The van der Waals surface area contributed by atoms with Crippen LogP contribution in [0.25, 0.3) is 0 Å². The highest BCUT2D eigenvalue weighted by Gasteiger charge is 2.11. The highest BCUT2D eigenvalue weighted by molar-refractivity contribution is 7.97. The summed E-state index contributed by atoms with van der Waals surface area (Å²) in [5, 5.41) is 0. The van der Waals surface area contributed by atoms with E-state index >= 15 is 0 Å². The number of rotatable bonds is 1. The quantitative estimate of drug-likeness (QED) is 0.519. The summed E-state index contributed by atoms with van der Waals surface area (Å²) in [6.07, 6.45) is 2.95. The molecule has 1 N–H and O–H groups in total. The van der Waals surface area contributed by atoms with Gasteiger partial charge in [0, 0.05) is 18.2 Å². The van der Waals surface area contributed by atoms with Crippen LogP contribution in [0.1, 0.15) is 6.42 Å². The first kappa shape index (κ1) is 6.11. The Labute approximate surface area is 53.2 Å². The fraction of sp³-hybridized carbons (Fsp3) is 0.800. The highest BCUT2D eigenvalue weighted by atomic mass is 32.2. The lowest BCUT2D eigenvalue weighted by Crippen LogP contribution is -2.22. The second-order valence-electron chi connectivity index (χ2n) is 1.81. The minimum Gasteiger partial charge on any atom is -0.291 e. The van der Waals surface area contributed by atoms with Crippen LogP contribution in [-0.4, -0.2) is 18.6 Å². The van der Waals surface area contributed by atoms with E-state index in [1.165, 1.54) is 0 Å². The Morgan fingerprint density at radius 1 is 1.75 bits per heavy atom. The SMILES string of the molecule is O=[C]C1CCNSC1. The first-order chi connectivity index (χ1) is 3.93. The molecule has 1 fully saturated rings. The number of hydrogen-bond acceptors (Lipinski definition) is 3. The molecule has 1 radical (unpaired) electrons. The molecule has 0 aliphatic carbocycles. The zero-order chi connectivity index (χ0) is 5.82. The van der Waals surface area contributed by atoms with Crippen LogP contribution in [0, 0.1) is 5.92 Å². The molecule has 0 aromatic heterocycles. The van der Waals surface area contributed by atoms with Crippen molar-refractivity contribution in [2.24, 2.45) is 5.92 Å². The van der Waals surface area contributed by atoms with Crippen molar-refractivity contribution in [2.75, 3.05) is 12.3 Å². The van der Waals surface area contributed by atoms with Crippen molar-refractivity contribution in [3.63, 3.8) is 0 Å². The molecule has 2 nitrogen and oxygen atoms in total. The van der Waals surface area contributed by atoms with Crippen molar-refractivity contribution >= 4 is 18.2 Å². The first-order valence-corrected chi connectivity index (χ1v) is 3.64. The van der Waals surface area contributed by atoms with Crippen LogP contribution in [0.3, 0.4) is 0 Å². The molecular weight excluding hydrogens is 122 g/mol. The molecule has 1 aliphatic heterocycles. The first-order valence-electron chi connectivity index (χ1n) is 2.66. The Morgan fingerprint density at radius 3 is 3.00 bits per heavy atom. The normalized spacial score (nSPS) is 29.8. The van der Waals surface area contributed by atoms with E-state index in [9.17, 15) is 4.79 Å². The summed E-state index contributed by atoms with van der Waals surface area (Å²) in [7, 11) is 0. The van der Waals surface area contributed by atoms with Gasteiger partial charge in [-0.25, -0.2) is 0 Å². The molecule has 8 heavy (non-hydrogen) atoms. The Balaban J connectivity index is 2.22. The molecule has 1 saturated heterocycles. The molecule has 1 heterocycles. The minimum atomic E-state index is 0.182. The van der Waals surface area contributed by atoms with Crippen molar-refractivity contribution in [3.8, 4) is 0 Å². The van der Waals surface area contributed by atoms with Gasteiger partial charge in [-0.1, -0.05) is 11.9 Å². The molecule has 0 aromatic rings. The van der Waals surface area contributed by atoms with Crippen molar-refractivity contribution in [3.05, 3.63) is 0 Å². The maximum atomic E-state index is 9.99. The fourth-order valence-corrected chi connectivity index (χ4v) is 1.46. The summed E-state index contributed by atoms with van der Waals surface area (Å²) >= 11 is 1.62. The van der Waals surface area contributed by atoms with Crippen LogP contribution in [0.4, 0.5) is 0 Å². The van der Waals surface area contributed by atoms with Crippen LogP contribution in [-0.2, 0) is 4.79 Å². The highest BCUT2D eigenvalue weighted by Crippen LogP contribution is 2.11. The van der Waals surface area contributed by atoms with Gasteiger partial charge in [0.1, 0.15) is 0 Å². The molecule has 1 aliphatic rings. The van der Waals surface area contributed by atoms with Gasteiger partial charge >= 0.3 is 0 Å². The van der Waals surface area contributed by atoms with E-state index in [4.69, 9.17) is 0 Å². The summed E-state index contributed by atoms with van der Waals surface area (Å²) in [4.78, 5) is 9.99. The van der Waals surface area contributed by atoms with Gasteiger partial charge in [-0.2, -0.15) is 0 Å². The van der Waals surface area contributed by atoms with E-state index in [-0.39, 0.29) is 5.92 Å². The summed E-state index contributed by atoms with van der Waals surface area (Å²) in [5.41, 5.74) is 0. The number of nitrogens with one attached hydrogen (secondary N) is 1. The topological polar surface area (TPSA) is 29.1 Å². The number of carbonyl (C=O) groups excluding carboxylic acids is 1. The summed E-state index contributed by atoms with van der Waals surface area (Å²) in [6, 6.07) is 0. The molecule has 0 spiro atoms. The van der Waals surface area contributed by atoms with Crippen molar-refractivity contribution < 1.29 is 4.79 Å². The summed E-state index contributed by atoms with van der Waals surface area (Å²) in [5.74, 6) is 1.07. The van der Waals surface area contributed by atoms with Gasteiger partial charge in [0.05, 0.1) is 0 Å². The average molecular weight is 130 g/mol. The second-order valence-corrected chi connectivity index (χ2v) is 2.72. The van der Waals surface area contributed by atoms with E-state index in [0.29, 0.717) is 0 Å². The van der Waals surface area contributed by atoms with E-state index in [1.807, 2.05) is 6.29 Å². The fourth-order valence-electron chi connectivity index (χ4n) is 0.641. The van der Waals surface area contributed by atoms with E-state index in [2.05, 4.69) is 4.72 Å². The smallest absolute Gasteiger partial charge is 0.202 e. The van der Waals surface area contributed by atoms with Gasteiger partial charge in [0.2, 0.25) is 6.29 Å². The van der Waals surface area contributed by atoms with Crippen LogP contribution >= 0.6 is 11.9 Å². The minimum absolute atomic E-state index is 0.182. The van der Waals surface area contributed by atoms with Gasteiger partial charge in [0.15, 0.2) is 0 Å². The molecule has 1 unspecified atom stereocenters. The summed E-state index contributed by atoms with van der Waals surface area (Å²) in [6.45, 7) is 0.949. The molecule has 1 atom stereocenters. The lowest BCUT2D eigenvalue weighted by molar-refractivity contribution is 0.517. The van der Waals surface area contributed by atoms with Crippen molar-refractivity contribution in [1.29, 1.82) is 0 Å². The molecule has 45 valence electrons. The third-order valence-corrected chi connectivity index (χ3v) is 2.13. The Hall–Kier alpha value is -0.0200. The van der Waals surface area contributed by atoms with Crippen LogP contribution in [0.5, 0.6) is 0 Å². The van der Waals surface area contributed by atoms with Crippen LogP contribution in [0.2, 0.25) is 0 Å². The maximum absolute atomic E-state index is 9.99. The molecule has 3 heteroatoms. The second kappa shape index (κ2) is 3.10.